The van der Waals surface area contributed by atoms with Crippen molar-refractivity contribution < 1.29 is 19.4 Å². The van der Waals surface area contributed by atoms with E-state index in [0.717, 1.165) is 16.7 Å². The average molecular weight is 300 g/mol. The molecule has 0 aromatic heterocycles. The molecular weight excluding hydrogens is 280 g/mol. The second-order valence-electron chi connectivity index (χ2n) is 5.25. The van der Waals surface area contributed by atoms with E-state index < -0.39 is 5.97 Å². The number of ether oxygens (including phenoxy) is 2. The van der Waals surface area contributed by atoms with Gasteiger partial charge in [-0.1, -0.05) is 30.3 Å². The van der Waals surface area contributed by atoms with Gasteiger partial charge in [-0.3, -0.25) is 0 Å². The highest BCUT2D eigenvalue weighted by molar-refractivity contribution is 5.94. The van der Waals surface area contributed by atoms with Crippen molar-refractivity contribution in [3.05, 3.63) is 53.6 Å². The molecule has 0 aliphatic rings. The number of hydrogen-bond donors (Lipinski definition) is 1. The summed E-state index contributed by atoms with van der Waals surface area (Å²) < 4.78 is 10.9. The van der Waals surface area contributed by atoms with Crippen molar-refractivity contribution in [1.29, 1.82) is 0 Å². The van der Waals surface area contributed by atoms with Crippen molar-refractivity contribution in [2.45, 2.75) is 26.6 Å². The van der Waals surface area contributed by atoms with E-state index in [1.165, 1.54) is 13.2 Å². The number of carboxylic acid groups (broad SMARTS) is 1. The van der Waals surface area contributed by atoms with Gasteiger partial charge in [-0.15, -0.1) is 0 Å². The zero-order chi connectivity index (χ0) is 16.1. The number of benzene rings is 2. The first-order valence-corrected chi connectivity index (χ1v) is 7.14. The predicted molar refractivity (Wildman–Crippen MR) is 85.3 cm³/mol. The Morgan fingerprint density at radius 3 is 2.55 bits per heavy atom. The maximum Gasteiger partial charge on any atom is 0.339 e. The lowest BCUT2D eigenvalue weighted by molar-refractivity contribution is 0.0657. The second-order valence-corrected chi connectivity index (χ2v) is 5.25. The van der Waals surface area contributed by atoms with Crippen molar-refractivity contribution in [3.63, 3.8) is 0 Å². The third-order valence-electron chi connectivity index (χ3n) is 3.27. The first kappa shape index (κ1) is 16.0. The Bertz CT molecular complexity index is 662. The highest BCUT2D eigenvalue weighted by Crippen LogP contribution is 2.33. The molecule has 0 saturated carbocycles. The van der Waals surface area contributed by atoms with Crippen LogP contribution in [0.15, 0.2) is 42.5 Å². The minimum absolute atomic E-state index is 0.156. The van der Waals surface area contributed by atoms with Gasteiger partial charge in [-0.25, -0.2) is 4.79 Å². The standard InChI is InChI=1S/C18H20O4/c1-12(2)22-11-13-6-4-7-14(10-13)15-8-5-9-16(18(19)20)17(15)21-3/h4-10,12H,11H2,1-3H3,(H,19,20). The van der Waals surface area contributed by atoms with E-state index in [1.54, 1.807) is 6.07 Å². The fourth-order valence-electron chi connectivity index (χ4n) is 2.24. The van der Waals surface area contributed by atoms with Crippen LogP contribution in [-0.4, -0.2) is 24.3 Å². The summed E-state index contributed by atoms with van der Waals surface area (Å²) in [5.74, 6) is -0.630. The summed E-state index contributed by atoms with van der Waals surface area (Å²) in [4.78, 5) is 11.3. The van der Waals surface area contributed by atoms with Crippen molar-refractivity contribution >= 4 is 5.97 Å². The Labute approximate surface area is 130 Å². The van der Waals surface area contributed by atoms with E-state index in [2.05, 4.69) is 0 Å². The molecule has 2 aromatic rings. The maximum absolute atomic E-state index is 11.3. The number of aromatic carboxylic acids is 1. The Morgan fingerprint density at radius 1 is 1.18 bits per heavy atom. The third-order valence-corrected chi connectivity index (χ3v) is 3.27. The Balaban J connectivity index is 2.41. The third kappa shape index (κ3) is 3.65. The largest absolute Gasteiger partial charge is 0.495 e. The molecule has 0 radical (unpaired) electrons. The fraction of sp³-hybridized carbons (Fsp3) is 0.278. The molecule has 22 heavy (non-hydrogen) atoms. The van der Waals surface area contributed by atoms with Crippen LogP contribution in [0, 0.1) is 0 Å². The molecule has 0 heterocycles. The molecule has 0 spiro atoms. The lowest BCUT2D eigenvalue weighted by atomic mass is 9.99. The molecule has 0 unspecified atom stereocenters. The molecule has 0 aliphatic carbocycles. The summed E-state index contributed by atoms with van der Waals surface area (Å²) >= 11 is 0. The smallest absolute Gasteiger partial charge is 0.339 e. The van der Waals surface area contributed by atoms with Gasteiger partial charge in [-0.2, -0.15) is 0 Å². The minimum Gasteiger partial charge on any atom is -0.495 e. The number of rotatable bonds is 6. The van der Waals surface area contributed by atoms with Gasteiger partial charge in [-0.05, 0) is 37.1 Å². The SMILES string of the molecule is COc1c(C(=O)O)cccc1-c1cccc(COC(C)C)c1. The van der Waals surface area contributed by atoms with Crippen LogP contribution in [0.3, 0.4) is 0 Å². The minimum atomic E-state index is -1.00. The summed E-state index contributed by atoms with van der Waals surface area (Å²) in [6, 6.07) is 13.0. The van der Waals surface area contributed by atoms with Gasteiger partial charge in [0.15, 0.2) is 0 Å². The zero-order valence-corrected chi connectivity index (χ0v) is 13.0. The summed E-state index contributed by atoms with van der Waals surface area (Å²) in [6.45, 7) is 4.50. The molecular formula is C18H20O4. The summed E-state index contributed by atoms with van der Waals surface area (Å²) in [6.07, 6.45) is 0.161. The fourth-order valence-corrected chi connectivity index (χ4v) is 2.24. The van der Waals surface area contributed by atoms with Gasteiger partial charge < -0.3 is 14.6 Å². The molecule has 0 fully saturated rings. The quantitative estimate of drug-likeness (QED) is 0.876. The number of carbonyl (C=O) groups is 1. The summed E-state index contributed by atoms with van der Waals surface area (Å²) in [5, 5.41) is 9.27. The van der Waals surface area contributed by atoms with Crippen LogP contribution in [-0.2, 0) is 11.3 Å². The molecule has 0 saturated heterocycles. The number of carboxylic acids is 1. The molecule has 4 nitrogen and oxygen atoms in total. The Hall–Kier alpha value is -2.33. The summed E-state index contributed by atoms with van der Waals surface area (Å²) in [7, 11) is 1.48. The van der Waals surface area contributed by atoms with Gasteiger partial charge >= 0.3 is 5.97 Å². The van der Waals surface area contributed by atoms with Crippen molar-refractivity contribution in [2.24, 2.45) is 0 Å². The highest BCUT2D eigenvalue weighted by atomic mass is 16.5. The molecule has 0 atom stereocenters. The van der Waals surface area contributed by atoms with Gasteiger partial charge in [0.1, 0.15) is 11.3 Å². The van der Waals surface area contributed by atoms with Crippen LogP contribution in [0.25, 0.3) is 11.1 Å². The molecule has 2 rings (SSSR count). The molecule has 4 heteroatoms. The van der Waals surface area contributed by atoms with Crippen LogP contribution >= 0.6 is 0 Å². The van der Waals surface area contributed by atoms with E-state index in [1.807, 2.05) is 44.2 Å². The van der Waals surface area contributed by atoms with Crippen molar-refractivity contribution in [2.75, 3.05) is 7.11 Å². The van der Waals surface area contributed by atoms with Crippen LogP contribution in [0.5, 0.6) is 5.75 Å². The van der Waals surface area contributed by atoms with Crippen LogP contribution in [0.4, 0.5) is 0 Å². The second kappa shape index (κ2) is 7.09. The van der Waals surface area contributed by atoms with Gasteiger partial charge in [0.2, 0.25) is 0 Å². The van der Waals surface area contributed by atoms with E-state index in [0.29, 0.717) is 12.4 Å². The maximum atomic E-state index is 11.3. The number of hydrogen-bond acceptors (Lipinski definition) is 3. The molecule has 1 N–H and O–H groups in total. The van der Waals surface area contributed by atoms with Gasteiger partial charge in [0, 0.05) is 5.56 Å². The molecule has 0 amide bonds. The zero-order valence-electron chi connectivity index (χ0n) is 13.0. The lowest BCUT2D eigenvalue weighted by Crippen LogP contribution is -2.03. The first-order chi connectivity index (χ1) is 10.5. The Kier molecular flexibility index (Phi) is 5.17. The van der Waals surface area contributed by atoms with E-state index in [9.17, 15) is 9.90 Å². The summed E-state index contributed by atoms with van der Waals surface area (Å²) in [5.41, 5.74) is 2.86. The first-order valence-electron chi connectivity index (χ1n) is 7.14. The highest BCUT2D eigenvalue weighted by Gasteiger charge is 2.15. The molecule has 0 bridgehead atoms. The number of para-hydroxylation sites is 1. The van der Waals surface area contributed by atoms with Crippen LogP contribution in [0.2, 0.25) is 0 Å². The number of methoxy groups -OCH3 is 1. The van der Waals surface area contributed by atoms with Crippen molar-refractivity contribution in [3.8, 4) is 16.9 Å². The van der Waals surface area contributed by atoms with Crippen molar-refractivity contribution in [1.82, 2.24) is 0 Å². The van der Waals surface area contributed by atoms with Crippen LogP contribution < -0.4 is 4.74 Å². The van der Waals surface area contributed by atoms with Gasteiger partial charge in [0.05, 0.1) is 19.8 Å². The molecule has 0 aliphatic heterocycles. The molecule has 116 valence electrons. The van der Waals surface area contributed by atoms with Gasteiger partial charge in [0.25, 0.3) is 0 Å². The monoisotopic (exact) mass is 300 g/mol. The lowest BCUT2D eigenvalue weighted by Gasteiger charge is -2.13. The average Bonchev–Trinajstić information content (AvgIpc) is 2.52. The van der Waals surface area contributed by atoms with E-state index >= 15 is 0 Å². The Morgan fingerprint density at radius 2 is 1.91 bits per heavy atom. The topological polar surface area (TPSA) is 55.8 Å². The van der Waals surface area contributed by atoms with E-state index in [-0.39, 0.29) is 11.7 Å². The molecule has 2 aromatic carbocycles. The van der Waals surface area contributed by atoms with E-state index in [4.69, 9.17) is 9.47 Å². The van der Waals surface area contributed by atoms with Crippen LogP contribution in [0.1, 0.15) is 29.8 Å². The normalized spacial score (nSPS) is 10.7. The predicted octanol–water partition coefficient (Wildman–Crippen LogP) is 3.99.